The van der Waals surface area contributed by atoms with Crippen LogP contribution in [0, 0.1) is 11.3 Å². The fourth-order valence-electron chi connectivity index (χ4n) is 2.05. The van der Waals surface area contributed by atoms with Crippen LogP contribution in [0.15, 0.2) is 46.9 Å². The average Bonchev–Trinajstić information content (AvgIpc) is 2.52. The molecule has 0 aliphatic heterocycles. The van der Waals surface area contributed by atoms with Crippen molar-refractivity contribution in [1.29, 1.82) is 5.26 Å². The maximum atomic E-state index is 8.81. The fourth-order valence-corrected chi connectivity index (χ4v) is 2.64. The van der Waals surface area contributed by atoms with E-state index in [0.29, 0.717) is 5.56 Å². The smallest absolute Gasteiger partial charge is 0.133 e. The first-order valence-electron chi connectivity index (χ1n) is 6.70. The number of nitrogens with one attached hydrogen (secondary N) is 1. The predicted octanol–water partition coefficient (Wildman–Crippen LogP) is 4.18. The maximum absolute atomic E-state index is 8.81. The Hall–Kier alpha value is -1.83. The summed E-state index contributed by atoms with van der Waals surface area (Å²) in [6.45, 7) is 2.88. The molecule has 3 nitrogen and oxygen atoms in total. The van der Waals surface area contributed by atoms with Gasteiger partial charge in [0.25, 0.3) is 0 Å². The van der Waals surface area contributed by atoms with Gasteiger partial charge in [-0.2, -0.15) is 5.26 Å². The Morgan fingerprint density at radius 2 is 1.95 bits per heavy atom. The second-order valence-corrected chi connectivity index (χ2v) is 5.66. The van der Waals surface area contributed by atoms with Gasteiger partial charge in [-0.1, -0.05) is 18.2 Å². The van der Waals surface area contributed by atoms with E-state index >= 15 is 0 Å². The molecule has 0 aliphatic carbocycles. The van der Waals surface area contributed by atoms with Crippen LogP contribution >= 0.6 is 15.9 Å². The number of ether oxygens (including phenoxy) is 1. The van der Waals surface area contributed by atoms with Crippen molar-refractivity contribution < 1.29 is 4.74 Å². The number of rotatable bonds is 5. The SMILES string of the molecule is COc1ccc(CNC(C)c2ccc(C#N)cc2)cc1Br. The van der Waals surface area contributed by atoms with Crippen molar-refractivity contribution in [3.63, 3.8) is 0 Å². The lowest BCUT2D eigenvalue weighted by molar-refractivity contribution is 0.412. The minimum Gasteiger partial charge on any atom is -0.496 e. The van der Waals surface area contributed by atoms with Gasteiger partial charge in [0.1, 0.15) is 5.75 Å². The second kappa shape index (κ2) is 7.26. The molecule has 2 aromatic rings. The largest absolute Gasteiger partial charge is 0.496 e. The normalized spacial score (nSPS) is 11.7. The van der Waals surface area contributed by atoms with Gasteiger partial charge in [-0.05, 0) is 58.2 Å². The summed E-state index contributed by atoms with van der Waals surface area (Å²) in [5.74, 6) is 0.832. The Kier molecular flexibility index (Phi) is 5.38. The van der Waals surface area contributed by atoms with Gasteiger partial charge in [-0.25, -0.2) is 0 Å². The van der Waals surface area contributed by atoms with E-state index in [2.05, 4.69) is 40.3 Å². The summed E-state index contributed by atoms with van der Waals surface area (Å²) < 4.78 is 6.18. The van der Waals surface area contributed by atoms with Gasteiger partial charge < -0.3 is 10.1 Å². The van der Waals surface area contributed by atoms with E-state index < -0.39 is 0 Å². The molecule has 0 heterocycles. The number of benzene rings is 2. The van der Waals surface area contributed by atoms with Crippen LogP contribution in [0.3, 0.4) is 0 Å². The zero-order valence-electron chi connectivity index (χ0n) is 12.1. The van der Waals surface area contributed by atoms with Gasteiger partial charge in [0.2, 0.25) is 0 Å². The molecule has 4 heteroatoms. The number of methoxy groups -OCH3 is 1. The Labute approximate surface area is 133 Å². The van der Waals surface area contributed by atoms with Crippen LogP contribution in [0.4, 0.5) is 0 Å². The first-order valence-corrected chi connectivity index (χ1v) is 7.49. The molecule has 2 rings (SSSR count). The third-order valence-corrected chi connectivity index (χ3v) is 3.99. The molecule has 0 saturated heterocycles. The lowest BCUT2D eigenvalue weighted by Gasteiger charge is -2.15. The summed E-state index contributed by atoms with van der Waals surface area (Å²) in [5, 5.41) is 12.3. The van der Waals surface area contributed by atoms with Gasteiger partial charge in [-0.3, -0.25) is 0 Å². The molecule has 0 saturated carbocycles. The van der Waals surface area contributed by atoms with Crippen LogP contribution in [0.5, 0.6) is 5.75 Å². The molecule has 1 atom stereocenters. The van der Waals surface area contributed by atoms with E-state index in [1.165, 1.54) is 11.1 Å². The molecular formula is C17H17BrN2O. The molecule has 1 unspecified atom stereocenters. The van der Waals surface area contributed by atoms with Gasteiger partial charge >= 0.3 is 0 Å². The molecule has 0 bridgehead atoms. The van der Waals surface area contributed by atoms with E-state index in [-0.39, 0.29) is 6.04 Å². The summed E-state index contributed by atoms with van der Waals surface area (Å²) in [6.07, 6.45) is 0. The highest BCUT2D eigenvalue weighted by atomic mass is 79.9. The Balaban J connectivity index is 1.98. The van der Waals surface area contributed by atoms with Crippen molar-refractivity contribution in [3.8, 4) is 11.8 Å². The number of hydrogen-bond acceptors (Lipinski definition) is 3. The molecule has 0 aromatic heterocycles. The molecule has 0 aliphatic rings. The van der Waals surface area contributed by atoms with E-state index in [0.717, 1.165) is 16.8 Å². The monoisotopic (exact) mass is 344 g/mol. The molecule has 2 aromatic carbocycles. The van der Waals surface area contributed by atoms with Crippen LogP contribution in [0.2, 0.25) is 0 Å². The van der Waals surface area contributed by atoms with Crippen molar-refractivity contribution in [2.75, 3.05) is 7.11 Å². The van der Waals surface area contributed by atoms with Crippen LogP contribution in [-0.4, -0.2) is 7.11 Å². The zero-order valence-corrected chi connectivity index (χ0v) is 13.6. The Morgan fingerprint density at radius 1 is 1.24 bits per heavy atom. The Bertz CT molecular complexity index is 647. The van der Waals surface area contributed by atoms with Gasteiger partial charge in [0.05, 0.1) is 23.2 Å². The molecule has 108 valence electrons. The van der Waals surface area contributed by atoms with Gasteiger partial charge in [-0.15, -0.1) is 0 Å². The maximum Gasteiger partial charge on any atom is 0.133 e. The second-order valence-electron chi connectivity index (χ2n) is 4.81. The number of nitriles is 1. The molecule has 0 spiro atoms. The standard InChI is InChI=1S/C17H17BrN2O/c1-12(15-6-3-13(10-19)4-7-15)20-11-14-5-8-17(21-2)16(18)9-14/h3-9,12,20H,11H2,1-2H3. The first kappa shape index (κ1) is 15.6. The average molecular weight is 345 g/mol. The molecule has 1 N–H and O–H groups in total. The first-order chi connectivity index (χ1) is 10.1. The zero-order chi connectivity index (χ0) is 15.2. The summed E-state index contributed by atoms with van der Waals surface area (Å²) >= 11 is 3.49. The van der Waals surface area contributed by atoms with Crippen molar-refractivity contribution >= 4 is 15.9 Å². The van der Waals surface area contributed by atoms with Crippen molar-refractivity contribution in [2.24, 2.45) is 0 Å². The number of nitrogens with zero attached hydrogens (tertiary/aromatic N) is 1. The van der Waals surface area contributed by atoms with Crippen LogP contribution in [0.25, 0.3) is 0 Å². The fraction of sp³-hybridized carbons (Fsp3) is 0.235. The van der Waals surface area contributed by atoms with Crippen LogP contribution < -0.4 is 10.1 Å². The van der Waals surface area contributed by atoms with E-state index in [9.17, 15) is 0 Å². The van der Waals surface area contributed by atoms with Gasteiger partial charge in [0, 0.05) is 12.6 Å². The van der Waals surface area contributed by atoms with E-state index in [4.69, 9.17) is 10.00 Å². The summed E-state index contributed by atoms with van der Waals surface area (Å²) in [5.41, 5.74) is 3.04. The summed E-state index contributed by atoms with van der Waals surface area (Å²) in [4.78, 5) is 0. The lowest BCUT2D eigenvalue weighted by atomic mass is 10.1. The third kappa shape index (κ3) is 4.07. The van der Waals surface area contributed by atoms with E-state index in [1.54, 1.807) is 7.11 Å². The van der Waals surface area contributed by atoms with Crippen molar-refractivity contribution in [3.05, 3.63) is 63.6 Å². The summed E-state index contributed by atoms with van der Waals surface area (Å²) in [6, 6.07) is 16.1. The molecule has 0 amide bonds. The summed E-state index contributed by atoms with van der Waals surface area (Å²) in [7, 11) is 1.66. The third-order valence-electron chi connectivity index (χ3n) is 3.37. The van der Waals surface area contributed by atoms with Gasteiger partial charge in [0.15, 0.2) is 0 Å². The molecule has 21 heavy (non-hydrogen) atoms. The lowest BCUT2D eigenvalue weighted by Crippen LogP contribution is -2.18. The highest BCUT2D eigenvalue weighted by Gasteiger charge is 2.06. The molecule has 0 fully saturated rings. The highest BCUT2D eigenvalue weighted by molar-refractivity contribution is 9.10. The van der Waals surface area contributed by atoms with Crippen LogP contribution in [-0.2, 0) is 6.54 Å². The van der Waals surface area contributed by atoms with Crippen LogP contribution in [0.1, 0.15) is 29.7 Å². The number of halogens is 1. The van der Waals surface area contributed by atoms with Crippen molar-refractivity contribution in [2.45, 2.75) is 19.5 Å². The quantitative estimate of drug-likeness (QED) is 0.884. The Morgan fingerprint density at radius 3 is 2.52 bits per heavy atom. The topological polar surface area (TPSA) is 45.0 Å². The molecular weight excluding hydrogens is 328 g/mol. The minimum absolute atomic E-state index is 0.221. The predicted molar refractivity (Wildman–Crippen MR) is 87.1 cm³/mol. The minimum atomic E-state index is 0.221. The molecule has 0 radical (unpaired) electrons. The highest BCUT2D eigenvalue weighted by Crippen LogP contribution is 2.25. The number of hydrogen-bond donors (Lipinski definition) is 1. The van der Waals surface area contributed by atoms with E-state index in [1.807, 2.05) is 36.4 Å². The van der Waals surface area contributed by atoms with Crippen molar-refractivity contribution in [1.82, 2.24) is 5.32 Å².